The molecule has 1 aromatic heterocycles. The standard InChI is InChI=1S/C17H22ClN5OS/c1-11-4-3-5-15(12(11)2)19-16(24)10-25-17-20-21-22-23(17)14-8-6-13(18)7-9-14/h6-9,11-12,15H,3-5,10H2,1-2H3,(H,19,24)/t11-,12-,15-/m1/s1. The summed E-state index contributed by atoms with van der Waals surface area (Å²) < 4.78 is 1.61. The van der Waals surface area contributed by atoms with Crippen molar-refractivity contribution in [1.82, 2.24) is 25.5 Å². The summed E-state index contributed by atoms with van der Waals surface area (Å²) in [6.45, 7) is 4.49. The molecular weight excluding hydrogens is 358 g/mol. The van der Waals surface area contributed by atoms with Crippen molar-refractivity contribution in [3.63, 3.8) is 0 Å². The average molecular weight is 380 g/mol. The maximum Gasteiger partial charge on any atom is 0.230 e. The number of nitrogens with one attached hydrogen (secondary N) is 1. The number of aromatic nitrogens is 4. The van der Waals surface area contributed by atoms with Crippen molar-refractivity contribution in [2.24, 2.45) is 11.8 Å². The van der Waals surface area contributed by atoms with Gasteiger partial charge in [-0.3, -0.25) is 4.79 Å². The Morgan fingerprint density at radius 2 is 2.08 bits per heavy atom. The second kappa shape index (κ2) is 8.19. The Labute approximate surface area is 156 Å². The number of thioether (sulfide) groups is 1. The minimum absolute atomic E-state index is 0.0293. The minimum atomic E-state index is 0.0293. The lowest BCUT2D eigenvalue weighted by Gasteiger charge is -2.34. The van der Waals surface area contributed by atoms with Crippen LogP contribution in [0.25, 0.3) is 5.69 Å². The van der Waals surface area contributed by atoms with Crippen molar-refractivity contribution in [1.29, 1.82) is 0 Å². The number of nitrogens with zero attached hydrogens (tertiary/aromatic N) is 4. The molecule has 2 aromatic rings. The van der Waals surface area contributed by atoms with Crippen LogP contribution in [0.3, 0.4) is 0 Å². The zero-order valence-corrected chi connectivity index (χ0v) is 15.9. The lowest BCUT2D eigenvalue weighted by atomic mass is 9.78. The summed E-state index contributed by atoms with van der Waals surface area (Å²) in [4.78, 5) is 12.3. The molecule has 1 fully saturated rings. The monoisotopic (exact) mass is 379 g/mol. The number of rotatable bonds is 5. The molecule has 1 saturated carbocycles. The quantitative estimate of drug-likeness (QED) is 0.806. The summed E-state index contributed by atoms with van der Waals surface area (Å²) in [6, 6.07) is 7.52. The molecule has 1 N–H and O–H groups in total. The van der Waals surface area contributed by atoms with Crippen molar-refractivity contribution in [2.45, 2.75) is 44.3 Å². The number of carbonyl (C=O) groups is 1. The highest BCUT2D eigenvalue weighted by atomic mass is 35.5. The van der Waals surface area contributed by atoms with E-state index in [1.54, 1.807) is 16.8 Å². The van der Waals surface area contributed by atoms with E-state index in [1.165, 1.54) is 24.6 Å². The molecule has 0 aliphatic heterocycles. The lowest BCUT2D eigenvalue weighted by Crippen LogP contribution is -2.44. The summed E-state index contributed by atoms with van der Waals surface area (Å²) in [5.74, 6) is 1.50. The number of tetrazole rings is 1. The fourth-order valence-corrected chi connectivity index (χ4v) is 4.01. The van der Waals surface area contributed by atoms with Crippen LogP contribution < -0.4 is 5.32 Å². The van der Waals surface area contributed by atoms with Crippen molar-refractivity contribution in [3.8, 4) is 5.69 Å². The van der Waals surface area contributed by atoms with E-state index in [0.717, 1.165) is 12.1 Å². The van der Waals surface area contributed by atoms with Gasteiger partial charge >= 0.3 is 0 Å². The Morgan fingerprint density at radius 3 is 2.84 bits per heavy atom. The van der Waals surface area contributed by atoms with Gasteiger partial charge in [0.05, 0.1) is 11.4 Å². The van der Waals surface area contributed by atoms with Crippen LogP contribution in [0.4, 0.5) is 0 Å². The van der Waals surface area contributed by atoms with Crippen LogP contribution in [0.2, 0.25) is 5.02 Å². The molecule has 1 heterocycles. The summed E-state index contributed by atoms with van der Waals surface area (Å²) in [5.41, 5.74) is 0.812. The number of benzene rings is 1. The molecule has 3 atom stereocenters. The molecule has 0 saturated heterocycles. The van der Waals surface area contributed by atoms with Gasteiger partial charge in [0.2, 0.25) is 11.1 Å². The Morgan fingerprint density at radius 1 is 1.32 bits per heavy atom. The highest BCUT2D eigenvalue weighted by Gasteiger charge is 2.28. The number of hydrogen-bond donors (Lipinski definition) is 1. The highest BCUT2D eigenvalue weighted by molar-refractivity contribution is 7.99. The molecule has 3 rings (SSSR count). The fourth-order valence-electron chi connectivity index (χ4n) is 3.18. The van der Waals surface area contributed by atoms with Crippen LogP contribution in [-0.2, 0) is 4.79 Å². The Hall–Kier alpha value is -1.60. The van der Waals surface area contributed by atoms with E-state index < -0.39 is 0 Å². The van der Waals surface area contributed by atoms with Gasteiger partial charge in [-0.15, -0.1) is 5.10 Å². The zero-order valence-electron chi connectivity index (χ0n) is 14.4. The second-order valence-corrected chi connectivity index (χ2v) is 7.96. The van der Waals surface area contributed by atoms with E-state index in [0.29, 0.717) is 27.8 Å². The van der Waals surface area contributed by atoms with E-state index in [1.807, 2.05) is 12.1 Å². The zero-order chi connectivity index (χ0) is 17.8. The molecular formula is C17H22ClN5OS. The summed E-state index contributed by atoms with van der Waals surface area (Å²) >= 11 is 7.24. The van der Waals surface area contributed by atoms with Gasteiger partial charge in [-0.05, 0) is 52.9 Å². The molecule has 8 heteroatoms. The molecule has 1 aromatic carbocycles. The van der Waals surface area contributed by atoms with Gasteiger partial charge in [0.1, 0.15) is 0 Å². The Kier molecular flexibility index (Phi) is 5.96. The minimum Gasteiger partial charge on any atom is -0.352 e. The molecule has 0 radical (unpaired) electrons. The molecule has 0 bridgehead atoms. The largest absolute Gasteiger partial charge is 0.352 e. The van der Waals surface area contributed by atoms with Crippen LogP contribution in [0, 0.1) is 11.8 Å². The predicted octanol–water partition coefficient (Wildman–Crippen LogP) is 3.35. The first-order chi connectivity index (χ1) is 12.0. The van der Waals surface area contributed by atoms with Crippen LogP contribution >= 0.6 is 23.4 Å². The molecule has 134 valence electrons. The van der Waals surface area contributed by atoms with Crippen molar-refractivity contribution < 1.29 is 4.79 Å². The molecule has 1 amide bonds. The van der Waals surface area contributed by atoms with Gasteiger partial charge in [-0.25, -0.2) is 0 Å². The van der Waals surface area contributed by atoms with Gasteiger partial charge in [0.25, 0.3) is 0 Å². The molecule has 1 aliphatic rings. The van der Waals surface area contributed by atoms with Crippen molar-refractivity contribution in [3.05, 3.63) is 29.3 Å². The fraction of sp³-hybridized carbons (Fsp3) is 0.529. The van der Waals surface area contributed by atoms with E-state index in [-0.39, 0.29) is 11.9 Å². The van der Waals surface area contributed by atoms with Gasteiger partial charge in [-0.1, -0.05) is 50.1 Å². The lowest BCUT2D eigenvalue weighted by molar-refractivity contribution is -0.120. The smallest absolute Gasteiger partial charge is 0.230 e. The third-order valence-corrected chi connectivity index (χ3v) is 6.07. The number of carbonyl (C=O) groups excluding carboxylic acids is 1. The van der Waals surface area contributed by atoms with Gasteiger partial charge in [-0.2, -0.15) is 4.68 Å². The van der Waals surface area contributed by atoms with E-state index in [2.05, 4.69) is 34.7 Å². The second-order valence-electron chi connectivity index (χ2n) is 6.58. The van der Waals surface area contributed by atoms with E-state index in [9.17, 15) is 4.79 Å². The number of halogens is 1. The highest BCUT2D eigenvalue weighted by Crippen LogP contribution is 2.29. The summed E-state index contributed by atoms with van der Waals surface area (Å²) in [7, 11) is 0. The average Bonchev–Trinajstić information content (AvgIpc) is 3.06. The number of amides is 1. The molecule has 0 unspecified atom stereocenters. The molecule has 25 heavy (non-hydrogen) atoms. The SMILES string of the molecule is C[C@@H]1[C@H](C)CCC[C@H]1NC(=O)CSc1nnnn1-c1ccc(Cl)cc1. The van der Waals surface area contributed by atoms with Crippen LogP contribution in [-0.4, -0.2) is 37.9 Å². The third-order valence-electron chi connectivity index (χ3n) is 4.90. The normalized spacial score (nSPS) is 23.4. The summed E-state index contributed by atoms with van der Waals surface area (Å²) in [6.07, 6.45) is 3.49. The topological polar surface area (TPSA) is 72.7 Å². The maximum absolute atomic E-state index is 12.3. The van der Waals surface area contributed by atoms with Gasteiger partial charge < -0.3 is 5.32 Å². The van der Waals surface area contributed by atoms with Gasteiger partial charge in [0.15, 0.2) is 0 Å². The Balaban J connectivity index is 1.58. The van der Waals surface area contributed by atoms with Gasteiger partial charge in [0, 0.05) is 11.1 Å². The van der Waals surface area contributed by atoms with E-state index >= 15 is 0 Å². The van der Waals surface area contributed by atoms with Crippen molar-refractivity contribution in [2.75, 3.05) is 5.75 Å². The molecule has 0 spiro atoms. The first kappa shape index (κ1) is 18.2. The predicted molar refractivity (Wildman–Crippen MR) is 99.0 cm³/mol. The van der Waals surface area contributed by atoms with Crippen LogP contribution in [0.15, 0.2) is 29.4 Å². The number of hydrogen-bond acceptors (Lipinski definition) is 5. The van der Waals surface area contributed by atoms with E-state index in [4.69, 9.17) is 11.6 Å². The maximum atomic E-state index is 12.3. The molecule has 6 nitrogen and oxygen atoms in total. The first-order valence-electron chi connectivity index (χ1n) is 8.51. The Bertz CT molecular complexity index is 720. The third kappa shape index (κ3) is 4.52. The van der Waals surface area contributed by atoms with Crippen LogP contribution in [0.5, 0.6) is 0 Å². The first-order valence-corrected chi connectivity index (χ1v) is 9.87. The van der Waals surface area contributed by atoms with Crippen LogP contribution in [0.1, 0.15) is 33.1 Å². The molecule has 1 aliphatic carbocycles. The summed E-state index contributed by atoms with van der Waals surface area (Å²) in [5, 5.41) is 16.1. The van der Waals surface area contributed by atoms with Crippen molar-refractivity contribution >= 4 is 29.3 Å².